The van der Waals surface area contributed by atoms with E-state index < -0.39 is 28.4 Å². The molecule has 3 aliphatic heterocycles. The van der Waals surface area contributed by atoms with Crippen molar-refractivity contribution in [2.45, 2.75) is 56.8 Å². The number of aromatic hydroxyl groups is 1. The number of H-pyrrole nitrogens is 1. The third-order valence-corrected chi connectivity index (χ3v) is 10.7. The summed E-state index contributed by atoms with van der Waals surface area (Å²) in [5.41, 5.74) is -0.717. The summed E-state index contributed by atoms with van der Waals surface area (Å²) in [6, 6.07) is 11.6. The van der Waals surface area contributed by atoms with E-state index in [1.807, 2.05) is 30.3 Å². The molecule has 3 fully saturated rings. The van der Waals surface area contributed by atoms with E-state index >= 15 is 0 Å². The van der Waals surface area contributed by atoms with Crippen LogP contribution >= 0.6 is 11.6 Å². The SMILES string of the molecule is CN1CCC(N2CCN(C(=O)[C@H](CC(=O)N3CCC(n4nc(-c5ccccc5)[nH]c4=O)CC3)Cc3cc(Cl)c(O)c(C(F)(F)F)c3)CC2)CC1. The van der Waals surface area contributed by atoms with Crippen molar-refractivity contribution in [2.75, 3.05) is 59.4 Å². The van der Waals surface area contributed by atoms with Crippen molar-refractivity contribution in [3.05, 3.63) is 69.1 Å². The van der Waals surface area contributed by atoms with Gasteiger partial charge in [0, 0.05) is 57.3 Å². The molecule has 3 aliphatic rings. The summed E-state index contributed by atoms with van der Waals surface area (Å²) in [6.45, 7) is 5.03. The number of carbonyl (C=O) groups excluding carboxylic acids is 2. The number of piperidine rings is 2. The molecule has 270 valence electrons. The largest absolute Gasteiger partial charge is 0.506 e. The Balaban J connectivity index is 1.14. The number of nitrogens with zero attached hydrogens (tertiary/aromatic N) is 6. The number of likely N-dealkylation sites (tertiary alicyclic amines) is 2. The van der Waals surface area contributed by atoms with Crippen molar-refractivity contribution in [3.8, 4) is 17.1 Å². The second kappa shape index (κ2) is 15.2. The normalized spacial score (nSPS) is 19.5. The molecule has 3 saturated heterocycles. The fourth-order valence-corrected chi connectivity index (χ4v) is 7.70. The van der Waals surface area contributed by atoms with Crippen molar-refractivity contribution in [1.29, 1.82) is 0 Å². The molecule has 0 aliphatic carbocycles. The van der Waals surface area contributed by atoms with Gasteiger partial charge in [-0.15, -0.1) is 5.10 Å². The minimum Gasteiger partial charge on any atom is -0.506 e. The van der Waals surface area contributed by atoms with Crippen LogP contribution in [0.3, 0.4) is 0 Å². The third-order valence-electron chi connectivity index (χ3n) is 10.4. The third kappa shape index (κ3) is 8.18. The molecular weight excluding hydrogens is 675 g/mol. The maximum Gasteiger partial charge on any atom is 0.420 e. The molecular formula is C35H43ClF3N7O4. The van der Waals surface area contributed by atoms with Crippen LogP contribution in [0.2, 0.25) is 5.02 Å². The summed E-state index contributed by atoms with van der Waals surface area (Å²) >= 11 is 6.01. The minimum atomic E-state index is -4.86. The van der Waals surface area contributed by atoms with Gasteiger partial charge in [-0.3, -0.25) is 19.5 Å². The monoisotopic (exact) mass is 717 g/mol. The highest BCUT2D eigenvalue weighted by Gasteiger charge is 2.37. The number of benzene rings is 2. The van der Waals surface area contributed by atoms with E-state index in [-0.39, 0.29) is 42.0 Å². The fraction of sp³-hybridized carbons (Fsp3) is 0.543. The molecule has 0 saturated carbocycles. The second-order valence-electron chi connectivity index (χ2n) is 13.7. The van der Waals surface area contributed by atoms with Crippen LogP contribution in [0.5, 0.6) is 5.75 Å². The molecule has 3 aromatic rings. The van der Waals surface area contributed by atoms with Crippen LogP contribution in [0.4, 0.5) is 13.2 Å². The van der Waals surface area contributed by atoms with Gasteiger partial charge in [-0.1, -0.05) is 41.9 Å². The highest BCUT2D eigenvalue weighted by atomic mass is 35.5. The molecule has 11 nitrogen and oxygen atoms in total. The molecule has 2 N–H and O–H groups in total. The van der Waals surface area contributed by atoms with E-state index in [0.29, 0.717) is 64.0 Å². The molecule has 0 radical (unpaired) electrons. The summed E-state index contributed by atoms with van der Waals surface area (Å²) in [6.07, 6.45) is -2.13. The lowest BCUT2D eigenvalue weighted by molar-refractivity contribution is -0.143. The number of aromatic amines is 1. The van der Waals surface area contributed by atoms with Gasteiger partial charge in [-0.05, 0) is 69.9 Å². The standard InChI is InChI=1S/C35H43ClF3N7O4/c1-42-11-7-26(8-12-42)43-15-17-45(18-16-43)33(49)25(19-23-20-28(35(37,38)39)31(48)29(36)21-23)22-30(47)44-13-9-27(10-14-44)46-34(50)40-32(41-46)24-5-3-2-4-6-24/h2-6,20-21,25-27,48H,7-19,22H2,1H3,(H,40,41,50)/t25-/m0/s1. The maximum atomic E-state index is 14.0. The van der Waals surface area contributed by atoms with E-state index in [4.69, 9.17) is 11.6 Å². The Hall–Kier alpha value is -3.88. The number of halogens is 4. The van der Waals surface area contributed by atoms with Crippen LogP contribution in [0.15, 0.2) is 47.3 Å². The Bertz CT molecular complexity index is 1710. The Kier molecular flexibility index (Phi) is 10.9. The van der Waals surface area contributed by atoms with Gasteiger partial charge >= 0.3 is 11.9 Å². The fourth-order valence-electron chi connectivity index (χ4n) is 7.46. The molecule has 2 aromatic carbocycles. The number of amides is 2. The Morgan fingerprint density at radius 3 is 2.22 bits per heavy atom. The lowest BCUT2D eigenvalue weighted by Gasteiger charge is -2.43. The first kappa shape index (κ1) is 35.9. The number of hydrogen-bond donors (Lipinski definition) is 2. The molecule has 1 atom stereocenters. The van der Waals surface area contributed by atoms with Crippen molar-refractivity contribution in [3.63, 3.8) is 0 Å². The topological polar surface area (TPSA) is 118 Å². The molecule has 2 amide bonds. The summed E-state index contributed by atoms with van der Waals surface area (Å²) in [4.78, 5) is 51.4. The number of phenolic OH excluding ortho intramolecular Hbond substituents is 1. The highest BCUT2D eigenvalue weighted by molar-refractivity contribution is 6.32. The van der Waals surface area contributed by atoms with Gasteiger partial charge in [0.15, 0.2) is 5.82 Å². The Morgan fingerprint density at radius 1 is 0.940 bits per heavy atom. The lowest BCUT2D eigenvalue weighted by atomic mass is 9.92. The average molecular weight is 718 g/mol. The zero-order valence-electron chi connectivity index (χ0n) is 28.0. The quantitative estimate of drug-likeness (QED) is 0.358. The van der Waals surface area contributed by atoms with Crippen LogP contribution in [0.25, 0.3) is 11.4 Å². The van der Waals surface area contributed by atoms with E-state index in [1.54, 1.807) is 9.80 Å². The predicted octanol–water partition coefficient (Wildman–Crippen LogP) is 4.27. The van der Waals surface area contributed by atoms with Gasteiger partial charge in [0.05, 0.1) is 22.5 Å². The number of phenols is 1. The molecule has 0 bridgehead atoms. The summed E-state index contributed by atoms with van der Waals surface area (Å²) < 4.78 is 42.6. The van der Waals surface area contributed by atoms with Gasteiger partial charge in [-0.2, -0.15) is 13.2 Å². The molecule has 0 unspecified atom stereocenters. The number of rotatable bonds is 8. The first-order chi connectivity index (χ1) is 23.9. The maximum absolute atomic E-state index is 14.0. The van der Waals surface area contributed by atoms with E-state index in [9.17, 15) is 32.7 Å². The Morgan fingerprint density at radius 2 is 1.58 bits per heavy atom. The van der Waals surface area contributed by atoms with Crippen molar-refractivity contribution < 1.29 is 27.9 Å². The van der Waals surface area contributed by atoms with Gasteiger partial charge in [0.25, 0.3) is 0 Å². The molecule has 6 rings (SSSR count). The number of piperazine rings is 1. The van der Waals surface area contributed by atoms with Crippen molar-refractivity contribution >= 4 is 23.4 Å². The van der Waals surface area contributed by atoms with Crippen LogP contribution in [0, 0.1) is 5.92 Å². The van der Waals surface area contributed by atoms with Crippen LogP contribution < -0.4 is 5.69 Å². The molecule has 50 heavy (non-hydrogen) atoms. The second-order valence-corrected chi connectivity index (χ2v) is 14.1. The van der Waals surface area contributed by atoms with Crippen LogP contribution in [-0.2, 0) is 22.2 Å². The first-order valence-electron chi connectivity index (χ1n) is 17.2. The van der Waals surface area contributed by atoms with Gasteiger partial charge in [0.2, 0.25) is 11.8 Å². The summed E-state index contributed by atoms with van der Waals surface area (Å²) in [5, 5.41) is 14.1. The summed E-state index contributed by atoms with van der Waals surface area (Å²) in [5.74, 6) is -2.11. The average Bonchev–Trinajstić information content (AvgIpc) is 3.50. The van der Waals surface area contributed by atoms with Crippen LogP contribution in [-0.4, -0.2) is 117 Å². The van der Waals surface area contributed by atoms with Crippen molar-refractivity contribution in [2.24, 2.45) is 5.92 Å². The van der Waals surface area contributed by atoms with E-state index in [1.165, 1.54) is 10.7 Å². The van der Waals surface area contributed by atoms with E-state index in [0.717, 1.165) is 37.6 Å². The Labute approximate surface area is 293 Å². The predicted molar refractivity (Wildman–Crippen MR) is 182 cm³/mol. The molecule has 4 heterocycles. The lowest BCUT2D eigenvalue weighted by Crippen LogP contribution is -2.55. The van der Waals surface area contributed by atoms with Crippen molar-refractivity contribution in [1.82, 2.24) is 34.4 Å². The highest BCUT2D eigenvalue weighted by Crippen LogP contribution is 2.41. The smallest absolute Gasteiger partial charge is 0.420 e. The van der Waals surface area contributed by atoms with Gasteiger partial charge < -0.3 is 19.8 Å². The van der Waals surface area contributed by atoms with Gasteiger partial charge in [0.1, 0.15) is 5.75 Å². The number of carbonyl (C=O) groups is 2. The molecule has 15 heteroatoms. The van der Waals surface area contributed by atoms with Crippen LogP contribution in [0.1, 0.15) is 49.3 Å². The number of nitrogens with one attached hydrogen (secondary N) is 1. The first-order valence-corrected chi connectivity index (χ1v) is 17.6. The number of alkyl halides is 3. The molecule has 1 aromatic heterocycles. The number of hydrogen-bond acceptors (Lipinski definition) is 7. The minimum absolute atomic E-state index is 0.113. The van der Waals surface area contributed by atoms with Gasteiger partial charge in [-0.25, -0.2) is 9.48 Å². The molecule has 0 spiro atoms. The zero-order valence-corrected chi connectivity index (χ0v) is 28.8. The summed E-state index contributed by atoms with van der Waals surface area (Å²) in [7, 11) is 2.11. The number of aromatic nitrogens is 3. The zero-order chi connectivity index (χ0) is 35.6. The van der Waals surface area contributed by atoms with E-state index in [2.05, 4.69) is 26.9 Å².